The molecule has 1 amide bonds. The summed E-state index contributed by atoms with van der Waals surface area (Å²) in [5, 5.41) is 5.08. The van der Waals surface area contributed by atoms with E-state index in [0.29, 0.717) is 6.54 Å². The lowest BCUT2D eigenvalue weighted by Gasteiger charge is -2.30. The molecule has 1 N–H and O–H groups in total. The molecule has 3 nitrogen and oxygen atoms in total. The molecule has 1 aromatic heterocycles. The summed E-state index contributed by atoms with van der Waals surface area (Å²) in [6.07, 6.45) is 4.86. The number of nitrogens with one attached hydrogen (secondary N) is 1. The summed E-state index contributed by atoms with van der Waals surface area (Å²) in [6, 6.07) is 8.54. The molecule has 1 aliphatic heterocycles. The summed E-state index contributed by atoms with van der Waals surface area (Å²) in [5.41, 5.74) is -0.0787. The van der Waals surface area contributed by atoms with Gasteiger partial charge in [0.25, 0.3) is 5.91 Å². The third-order valence-corrected chi connectivity index (χ3v) is 5.89. The molecule has 0 spiro atoms. The minimum atomic E-state index is -0.590. The van der Waals surface area contributed by atoms with Crippen LogP contribution >= 0.6 is 22.9 Å². The zero-order valence-corrected chi connectivity index (χ0v) is 15.6. The molecule has 0 bridgehead atoms. The minimum Gasteiger partial charge on any atom is -0.350 e. The van der Waals surface area contributed by atoms with E-state index in [9.17, 15) is 9.18 Å². The number of rotatable bonds is 5. The molecule has 0 aliphatic carbocycles. The molecule has 0 saturated carbocycles. The van der Waals surface area contributed by atoms with Gasteiger partial charge in [-0.25, -0.2) is 4.39 Å². The number of carbonyl (C=O) groups excluding carboxylic acids is 1. The minimum absolute atomic E-state index is 0.0787. The van der Waals surface area contributed by atoms with Gasteiger partial charge in [-0.15, -0.1) is 11.3 Å². The smallest absolute Gasteiger partial charge is 0.255 e. The quantitative estimate of drug-likeness (QED) is 0.801. The van der Waals surface area contributed by atoms with Crippen LogP contribution in [-0.4, -0.2) is 30.4 Å². The Morgan fingerprint density at radius 3 is 2.60 bits per heavy atom. The van der Waals surface area contributed by atoms with Crippen LogP contribution in [0.25, 0.3) is 0 Å². The number of carbonyl (C=O) groups is 1. The number of thiophene rings is 1. The molecule has 25 heavy (non-hydrogen) atoms. The van der Waals surface area contributed by atoms with E-state index in [1.54, 1.807) is 11.3 Å². The Morgan fingerprint density at radius 2 is 1.96 bits per heavy atom. The first-order valence-corrected chi connectivity index (χ1v) is 9.92. The van der Waals surface area contributed by atoms with Crippen molar-refractivity contribution in [3.63, 3.8) is 0 Å². The fourth-order valence-corrected chi connectivity index (χ4v) is 4.40. The third-order valence-electron chi connectivity index (χ3n) is 4.60. The van der Waals surface area contributed by atoms with Crippen LogP contribution in [0.15, 0.2) is 35.7 Å². The van der Waals surface area contributed by atoms with Crippen molar-refractivity contribution in [2.24, 2.45) is 0 Å². The fourth-order valence-electron chi connectivity index (χ4n) is 3.29. The van der Waals surface area contributed by atoms with Crippen LogP contribution in [-0.2, 0) is 0 Å². The van der Waals surface area contributed by atoms with Crippen molar-refractivity contribution in [2.45, 2.75) is 31.7 Å². The van der Waals surface area contributed by atoms with Crippen molar-refractivity contribution in [1.82, 2.24) is 10.2 Å². The van der Waals surface area contributed by atoms with E-state index < -0.39 is 11.7 Å². The van der Waals surface area contributed by atoms with E-state index in [2.05, 4.69) is 21.7 Å². The van der Waals surface area contributed by atoms with Crippen molar-refractivity contribution in [3.05, 3.63) is 57.0 Å². The normalized spacial score (nSPS) is 17.0. The van der Waals surface area contributed by atoms with Gasteiger partial charge >= 0.3 is 0 Å². The van der Waals surface area contributed by atoms with Crippen molar-refractivity contribution in [2.75, 3.05) is 19.6 Å². The molecule has 3 rings (SSSR count). The van der Waals surface area contributed by atoms with Gasteiger partial charge < -0.3 is 5.32 Å². The van der Waals surface area contributed by atoms with Gasteiger partial charge in [0.15, 0.2) is 0 Å². The average Bonchev–Trinajstić information content (AvgIpc) is 2.98. The summed E-state index contributed by atoms with van der Waals surface area (Å²) < 4.78 is 14.0. The molecule has 1 atom stereocenters. The predicted molar refractivity (Wildman–Crippen MR) is 101 cm³/mol. The van der Waals surface area contributed by atoms with E-state index in [0.717, 1.165) is 13.1 Å². The largest absolute Gasteiger partial charge is 0.350 e. The molecular weight excluding hydrogens is 359 g/mol. The Morgan fingerprint density at radius 1 is 1.20 bits per heavy atom. The number of likely N-dealkylation sites (tertiary alicyclic amines) is 1. The summed E-state index contributed by atoms with van der Waals surface area (Å²) in [5.74, 6) is -1.05. The molecule has 1 saturated heterocycles. The fraction of sp³-hybridized carbons (Fsp3) is 0.421. The molecule has 6 heteroatoms. The van der Waals surface area contributed by atoms with Crippen molar-refractivity contribution < 1.29 is 9.18 Å². The maximum Gasteiger partial charge on any atom is 0.255 e. The highest BCUT2D eigenvalue weighted by Gasteiger charge is 2.24. The van der Waals surface area contributed by atoms with E-state index >= 15 is 0 Å². The third kappa shape index (κ3) is 4.60. The monoisotopic (exact) mass is 380 g/mol. The zero-order chi connectivity index (χ0) is 17.6. The van der Waals surface area contributed by atoms with Crippen molar-refractivity contribution in [1.29, 1.82) is 0 Å². The first-order valence-electron chi connectivity index (χ1n) is 8.66. The number of nitrogens with zero attached hydrogens (tertiary/aromatic N) is 1. The van der Waals surface area contributed by atoms with E-state index in [-0.39, 0.29) is 16.6 Å². The van der Waals surface area contributed by atoms with Gasteiger partial charge in [-0.3, -0.25) is 9.69 Å². The van der Waals surface area contributed by atoms with Crippen LogP contribution in [0, 0.1) is 5.82 Å². The van der Waals surface area contributed by atoms with Crippen molar-refractivity contribution >= 4 is 28.8 Å². The van der Waals surface area contributed by atoms with Crippen LogP contribution in [0.1, 0.15) is 47.0 Å². The summed E-state index contributed by atoms with van der Waals surface area (Å²) >= 11 is 7.69. The van der Waals surface area contributed by atoms with Crippen LogP contribution in [0.3, 0.4) is 0 Å². The average molecular weight is 381 g/mol. The SMILES string of the molecule is O=C(NCC(c1cccs1)N1CCCCCC1)c1c(F)cccc1Cl. The van der Waals surface area contributed by atoms with Gasteiger partial charge in [-0.2, -0.15) is 0 Å². The maximum absolute atomic E-state index is 14.0. The summed E-state index contributed by atoms with van der Waals surface area (Å²) in [7, 11) is 0. The lowest BCUT2D eigenvalue weighted by molar-refractivity contribution is 0.0930. The van der Waals surface area contributed by atoms with Gasteiger partial charge in [0.2, 0.25) is 0 Å². The molecule has 134 valence electrons. The van der Waals surface area contributed by atoms with Crippen LogP contribution < -0.4 is 5.32 Å². The first-order chi connectivity index (χ1) is 12.2. The van der Waals surface area contributed by atoms with Crippen LogP contribution in [0.2, 0.25) is 5.02 Å². The van der Waals surface area contributed by atoms with Crippen LogP contribution in [0.4, 0.5) is 4.39 Å². The second-order valence-corrected chi connectivity index (χ2v) is 7.67. The number of amides is 1. The predicted octanol–water partition coefficient (Wildman–Crippen LogP) is 4.89. The first kappa shape index (κ1) is 18.4. The Balaban J connectivity index is 1.73. The molecule has 2 aromatic rings. The highest BCUT2D eigenvalue weighted by atomic mass is 35.5. The second kappa shape index (κ2) is 8.79. The highest BCUT2D eigenvalue weighted by Crippen LogP contribution is 2.27. The van der Waals surface area contributed by atoms with E-state index in [1.807, 2.05) is 6.07 Å². The zero-order valence-electron chi connectivity index (χ0n) is 14.0. The van der Waals surface area contributed by atoms with Gasteiger partial charge in [0.05, 0.1) is 16.6 Å². The number of benzene rings is 1. The molecular formula is C19H22ClFN2OS. The van der Waals surface area contributed by atoms with Gasteiger partial charge in [-0.05, 0) is 49.5 Å². The molecule has 2 heterocycles. The van der Waals surface area contributed by atoms with Gasteiger partial charge in [0.1, 0.15) is 5.82 Å². The topological polar surface area (TPSA) is 32.3 Å². The summed E-state index contributed by atoms with van der Waals surface area (Å²) in [4.78, 5) is 16.1. The Labute approximate surface area is 156 Å². The molecule has 1 fully saturated rings. The second-order valence-electron chi connectivity index (χ2n) is 6.29. The Kier molecular flexibility index (Phi) is 6.45. The van der Waals surface area contributed by atoms with Gasteiger partial charge in [0, 0.05) is 11.4 Å². The number of hydrogen-bond donors (Lipinski definition) is 1. The molecule has 1 aliphatic rings. The van der Waals surface area contributed by atoms with E-state index in [4.69, 9.17) is 11.6 Å². The molecule has 1 aromatic carbocycles. The van der Waals surface area contributed by atoms with E-state index in [1.165, 1.54) is 48.8 Å². The Bertz CT molecular complexity index is 679. The standard InChI is InChI=1S/C19H22ClFN2OS/c20-14-7-5-8-15(21)18(14)19(24)22-13-16(17-9-6-12-25-17)23-10-3-1-2-4-11-23/h5-9,12,16H,1-4,10-11,13H2,(H,22,24). The lowest BCUT2D eigenvalue weighted by Crippen LogP contribution is -2.38. The Hall–Kier alpha value is -1.43. The maximum atomic E-state index is 14.0. The number of hydrogen-bond acceptors (Lipinski definition) is 3. The van der Waals surface area contributed by atoms with Gasteiger partial charge in [-0.1, -0.05) is 36.6 Å². The molecule has 1 unspecified atom stereocenters. The van der Waals surface area contributed by atoms with Crippen LogP contribution in [0.5, 0.6) is 0 Å². The molecule has 0 radical (unpaired) electrons. The number of halogens is 2. The lowest BCUT2D eigenvalue weighted by atomic mass is 10.1. The van der Waals surface area contributed by atoms with Crippen molar-refractivity contribution in [3.8, 4) is 0 Å². The summed E-state index contributed by atoms with van der Waals surface area (Å²) in [6.45, 7) is 2.50. The highest BCUT2D eigenvalue weighted by molar-refractivity contribution is 7.10.